The summed E-state index contributed by atoms with van der Waals surface area (Å²) >= 11 is 1.38. The number of fused-ring (bicyclic) bond motifs is 1. The second-order valence-electron chi connectivity index (χ2n) is 2.23. The van der Waals surface area contributed by atoms with Gasteiger partial charge in [0.05, 0.1) is 5.00 Å². The second kappa shape index (κ2) is 2.10. The summed E-state index contributed by atoms with van der Waals surface area (Å²) in [6.07, 6.45) is 1.71. The van der Waals surface area contributed by atoms with E-state index in [1.54, 1.807) is 6.20 Å². The fourth-order valence-corrected chi connectivity index (χ4v) is 1.79. The molecule has 11 heavy (non-hydrogen) atoms. The Balaban J connectivity index is 2.95. The first-order valence-corrected chi connectivity index (χ1v) is 3.99. The maximum Gasteiger partial charge on any atom is 0.114 e. The molecular formula is C7H7N3S. The molecule has 2 rings (SSSR count). The monoisotopic (exact) mass is 165 g/mol. The van der Waals surface area contributed by atoms with Crippen molar-refractivity contribution in [2.75, 3.05) is 11.5 Å². The van der Waals surface area contributed by atoms with E-state index in [9.17, 15) is 0 Å². The van der Waals surface area contributed by atoms with Crippen LogP contribution in [0.15, 0.2) is 18.3 Å². The fraction of sp³-hybridized carbons (Fsp3) is 0. The van der Waals surface area contributed by atoms with E-state index in [1.165, 1.54) is 11.3 Å². The molecule has 0 aliphatic heterocycles. The average molecular weight is 165 g/mol. The number of nitrogens with two attached hydrogens (primary N) is 2. The van der Waals surface area contributed by atoms with E-state index in [0.29, 0.717) is 5.00 Å². The number of thiophene rings is 1. The third kappa shape index (κ3) is 0.832. The van der Waals surface area contributed by atoms with Crippen molar-refractivity contribution in [2.45, 2.75) is 0 Å². The zero-order valence-corrected chi connectivity index (χ0v) is 6.56. The van der Waals surface area contributed by atoms with Gasteiger partial charge in [-0.1, -0.05) is 11.3 Å². The van der Waals surface area contributed by atoms with Crippen molar-refractivity contribution in [3.63, 3.8) is 0 Å². The molecule has 0 fully saturated rings. The molecule has 0 spiro atoms. The largest absolute Gasteiger partial charge is 0.390 e. The Morgan fingerprint density at radius 3 is 2.82 bits per heavy atom. The third-order valence-electron chi connectivity index (χ3n) is 1.53. The minimum Gasteiger partial charge on any atom is -0.390 e. The Morgan fingerprint density at radius 1 is 1.27 bits per heavy atom. The lowest BCUT2D eigenvalue weighted by Crippen LogP contribution is -1.81. The average Bonchev–Trinajstić information content (AvgIpc) is 2.30. The fourth-order valence-electron chi connectivity index (χ4n) is 1.02. The third-order valence-corrected chi connectivity index (χ3v) is 2.38. The van der Waals surface area contributed by atoms with E-state index in [4.69, 9.17) is 11.5 Å². The molecule has 0 saturated carbocycles. The van der Waals surface area contributed by atoms with Crippen LogP contribution >= 0.6 is 11.3 Å². The van der Waals surface area contributed by atoms with Crippen LogP contribution in [-0.2, 0) is 0 Å². The van der Waals surface area contributed by atoms with Gasteiger partial charge in [0.2, 0.25) is 0 Å². The number of hydrogen-bond donors (Lipinski definition) is 2. The Morgan fingerprint density at radius 2 is 2.09 bits per heavy atom. The minimum absolute atomic E-state index is 0.693. The molecule has 0 amide bonds. The van der Waals surface area contributed by atoms with Gasteiger partial charge in [0.1, 0.15) is 10.5 Å². The highest BCUT2D eigenvalue weighted by Gasteiger charge is 2.04. The van der Waals surface area contributed by atoms with Crippen molar-refractivity contribution < 1.29 is 0 Å². The standard InChI is InChI=1S/C7H7N3S/c8-6-4-2-1-3-10-5(4)7(9)11-6/h1-3H,8-9H2. The maximum atomic E-state index is 5.68. The molecule has 0 aliphatic rings. The van der Waals surface area contributed by atoms with Crippen LogP contribution in [0.3, 0.4) is 0 Å². The highest BCUT2D eigenvalue weighted by atomic mass is 32.1. The number of nitrogen functional groups attached to an aromatic ring is 2. The lowest BCUT2D eigenvalue weighted by Gasteiger charge is -1.87. The SMILES string of the molecule is Nc1sc(N)c2ncccc12. The molecule has 2 heterocycles. The number of nitrogens with zero attached hydrogens (tertiary/aromatic N) is 1. The van der Waals surface area contributed by atoms with Crippen LogP contribution in [0.5, 0.6) is 0 Å². The van der Waals surface area contributed by atoms with Gasteiger partial charge in [0.15, 0.2) is 0 Å². The zero-order chi connectivity index (χ0) is 7.84. The molecule has 2 aromatic rings. The normalized spacial score (nSPS) is 10.5. The van der Waals surface area contributed by atoms with Gasteiger partial charge in [0, 0.05) is 11.6 Å². The van der Waals surface area contributed by atoms with Gasteiger partial charge in [-0.3, -0.25) is 4.98 Å². The van der Waals surface area contributed by atoms with Gasteiger partial charge >= 0.3 is 0 Å². The summed E-state index contributed by atoms with van der Waals surface area (Å²) < 4.78 is 0. The van der Waals surface area contributed by atoms with Gasteiger partial charge in [-0.05, 0) is 12.1 Å². The second-order valence-corrected chi connectivity index (χ2v) is 3.31. The first kappa shape index (κ1) is 6.42. The van der Waals surface area contributed by atoms with E-state index in [1.807, 2.05) is 12.1 Å². The van der Waals surface area contributed by atoms with E-state index in [-0.39, 0.29) is 0 Å². The van der Waals surface area contributed by atoms with E-state index < -0.39 is 0 Å². The number of hydrogen-bond acceptors (Lipinski definition) is 4. The molecule has 0 unspecified atom stereocenters. The molecule has 0 saturated heterocycles. The van der Waals surface area contributed by atoms with Crippen LogP contribution in [0.2, 0.25) is 0 Å². The Kier molecular flexibility index (Phi) is 1.22. The summed E-state index contributed by atoms with van der Waals surface area (Å²) in [5, 5.41) is 2.39. The number of anilines is 2. The summed E-state index contributed by atoms with van der Waals surface area (Å²) in [6, 6.07) is 3.77. The molecule has 3 nitrogen and oxygen atoms in total. The molecule has 0 atom stereocenters. The van der Waals surface area contributed by atoms with Crippen molar-refractivity contribution in [1.82, 2.24) is 4.98 Å². The first-order chi connectivity index (χ1) is 5.29. The van der Waals surface area contributed by atoms with Crippen molar-refractivity contribution in [3.05, 3.63) is 18.3 Å². The topological polar surface area (TPSA) is 64.9 Å². The van der Waals surface area contributed by atoms with Crippen molar-refractivity contribution >= 4 is 32.2 Å². The van der Waals surface area contributed by atoms with Crippen LogP contribution in [0.25, 0.3) is 10.9 Å². The smallest absolute Gasteiger partial charge is 0.114 e. The number of pyridine rings is 1. The summed E-state index contributed by atoms with van der Waals surface area (Å²) in [6.45, 7) is 0. The summed E-state index contributed by atoms with van der Waals surface area (Å²) in [5.41, 5.74) is 12.1. The molecule has 4 N–H and O–H groups in total. The molecule has 0 aliphatic carbocycles. The van der Waals surface area contributed by atoms with Crippen molar-refractivity contribution in [2.24, 2.45) is 0 Å². The Bertz CT molecular complexity index is 357. The zero-order valence-electron chi connectivity index (χ0n) is 5.74. The summed E-state index contributed by atoms with van der Waals surface area (Å²) in [4.78, 5) is 4.11. The quantitative estimate of drug-likeness (QED) is 0.621. The molecule has 4 heteroatoms. The maximum absolute atomic E-state index is 5.68. The first-order valence-electron chi connectivity index (χ1n) is 3.17. The highest BCUT2D eigenvalue weighted by Crippen LogP contribution is 2.33. The van der Waals surface area contributed by atoms with Gasteiger partial charge < -0.3 is 11.5 Å². The van der Waals surface area contributed by atoms with Crippen molar-refractivity contribution in [3.8, 4) is 0 Å². The lowest BCUT2D eigenvalue weighted by molar-refractivity contribution is 1.43. The lowest BCUT2D eigenvalue weighted by atomic mass is 10.3. The molecule has 56 valence electrons. The minimum atomic E-state index is 0.693. The van der Waals surface area contributed by atoms with E-state index in [2.05, 4.69) is 4.98 Å². The van der Waals surface area contributed by atoms with E-state index in [0.717, 1.165) is 15.9 Å². The van der Waals surface area contributed by atoms with Gasteiger partial charge in [-0.2, -0.15) is 0 Å². The van der Waals surface area contributed by atoms with Crippen LogP contribution in [0, 0.1) is 0 Å². The number of aromatic nitrogens is 1. The van der Waals surface area contributed by atoms with Crippen LogP contribution in [0.4, 0.5) is 10.0 Å². The van der Waals surface area contributed by atoms with Crippen LogP contribution in [0.1, 0.15) is 0 Å². The Labute approximate surface area is 67.7 Å². The number of rotatable bonds is 0. The molecule has 0 aromatic carbocycles. The van der Waals surface area contributed by atoms with E-state index >= 15 is 0 Å². The predicted molar refractivity (Wildman–Crippen MR) is 48.4 cm³/mol. The molecular weight excluding hydrogens is 158 g/mol. The molecule has 0 bridgehead atoms. The van der Waals surface area contributed by atoms with Crippen LogP contribution < -0.4 is 11.5 Å². The Hall–Kier alpha value is -1.29. The molecule has 2 aromatic heterocycles. The van der Waals surface area contributed by atoms with Gasteiger partial charge in [-0.15, -0.1) is 0 Å². The van der Waals surface area contributed by atoms with Gasteiger partial charge in [0.25, 0.3) is 0 Å². The highest BCUT2D eigenvalue weighted by molar-refractivity contribution is 7.21. The predicted octanol–water partition coefficient (Wildman–Crippen LogP) is 1.46. The van der Waals surface area contributed by atoms with Crippen LogP contribution in [-0.4, -0.2) is 4.98 Å². The molecule has 0 radical (unpaired) electrons. The summed E-state index contributed by atoms with van der Waals surface area (Å²) in [7, 11) is 0. The summed E-state index contributed by atoms with van der Waals surface area (Å²) in [5.74, 6) is 0. The van der Waals surface area contributed by atoms with Gasteiger partial charge in [-0.25, -0.2) is 0 Å². The van der Waals surface area contributed by atoms with Crippen molar-refractivity contribution in [1.29, 1.82) is 0 Å².